The van der Waals surface area contributed by atoms with E-state index < -0.39 is 51.3 Å². The van der Waals surface area contributed by atoms with Crippen LogP contribution in [0, 0.1) is 0 Å². The standard InChI is InChI=1S/C41H69O10P/c1-3-5-7-9-11-13-15-17-18-19-21-23-25-27-29-33-41(45)51-37(36-50-52(46,47)48)35-49-40(44)34-30-32-39(43)38(42)31-28-26-24-22-20-16-14-12-10-8-6-4-2/h5,7,11-14,17-18,20,22,26,28,37-39,42-43H,3-4,6,8-10,15-16,19,21,23-25,27,29-36H2,1-2H3,(H2,46,47,48)/b7-5-,13-11-,14-12-,18-17-,22-20-,28-26-/t37-,38?,39?/m1/s1. The number of hydrogen-bond acceptors (Lipinski definition) is 8. The minimum absolute atomic E-state index is 0.0543. The van der Waals surface area contributed by atoms with Gasteiger partial charge < -0.3 is 29.5 Å². The van der Waals surface area contributed by atoms with Gasteiger partial charge in [-0.3, -0.25) is 14.1 Å². The first-order valence-electron chi connectivity index (χ1n) is 19.4. The summed E-state index contributed by atoms with van der Waals surface area (Å²) in [5.41, 5.74) is 0. The predicted molar refractivity (Wildman–Crippen MR) is 209 cm³/mol. The van der Waals surface area contributed by atoms with Crippen LogP contribution in [0.4, 0.5) is 0 Å². The summed E-state index contributed by atoms with van der Waals surface area (Å²) in [5.74, 6) is -1.20. The van der Waals surface area contributed by atoms with Crippen LogP contribution in [-0.2, 0) is 28.2 Å². The molecule has 0 aliphatic heterocycles. The van der Waals surface area contributed by atoms with Crippen LogP contribution in [0.2, 0.25) is 0 Å². The molecule has 0 aliphatic rings. The SMILES string of the molecule is CC/C=C\C/C=C\C/C=C\CCCCCCCC(=O)O[C@H](COC(=O)CCCC(O)C(O)C/C=C\C/C=C\C/C=C\CCCCC)COP(=O)(O)O. The van der Waals surface area contributed by atoms with Gasteiger partial charge in [0.2, 0.25) is 0 Å². The van der Waals surface area contributed by atoms with Crippen LogP contribution in [0.25, 0.3) is 0 Å². The van der Waals surface area contributed by atoms with Gasteiger partial charge in [-0.2, -0.15) is 0 Å². The molecule has 0 aromatic rings. The van der Waals surface area contributed by atoms with Gasteiger partial charge in [0.05, 0.1) is 18.8 Å². The Morgan fingerprint density at radius 2 is 1.12 bits per heavy atom. The van der Waals surface area contributed by atoms with E-state index in [9.17, 15) is 24.4 Å². The maximum absolute atomic E-state index is 12.4. The fourth-order valence-corrected chi connectivity index (χ4v) is 5.26. The second-order valence-corrected chi connectivity index (χ2v) is 14.1. The second kappa shape index (κ2) is 35.4. The van der Waals surface area contributed by atoms with E-state index >= 15 is 0 Å². The molecule has 0 bridgehead atoms. The van der Waals surface area contributed by atoms with Crippen molar-refractivity contribution < 1.29 is 48.2 Å². The van der Waals surface area contributed by atoms with Gasteiger partial charge >= 0.3 is 19.8 Å². The monoisotopic (exact) mass is 752 g/mol. The molecule has 0 aromatic heterocycles. The number of hydrogen-bond donors (Lipinski definition) is 4. The summed E-state index contributed by atoms with van der Waals surface area (Å²) < 4.78 is 26.1. The zero-order valence-corrected chi connectivity index (χ0v) is 32.8. The summed E-state index contributed by atoms with van der Waals surface area (Å²) in [6, 6.07) is 0. The number of esters is 2. The minimum atomic E-state index is -4.83. The van der Waals surface area contributed by atoms with Crippen molar-refractivity contribution in [2.75, 3.05) is 13.2 Å². The van der Waals surface area contributed by atoms with Crippen molar-refractivity contribution in [1.29, 1.82) is 0 Å². The number of allylic oxidation sites excluding steroid dienone is 11. The Kier molecular flexibility index (Phi) is 33.7. The number of carbonyl (C=O) groups is 2. The van der Waals surface area contributed by atoms with E-state index in [0.29, 0.717) is 6.42 Å². The Bertz CT molecular complexity index is 1100. The van der Waals surface area contributed by atoms with E-state index in [1.807, 2.05) is 12.2 Å². The molecule has 0 radical (unpaired) electrons. The summed E-state index contributed by atoms with van der Waals surface area (Å²) in [5, 5.41) is 20.5. The molecule has 298 valence electrons. The number of phosphoric ester groups is 1. The van der Waals surface area contributed by atoms with Crippen LogP contribution in [0.15, 0.2) is 72.9 Å². The van der Waals surface area contributed by atoms with Crippen molar-refractivity contribution in [3.05, 3.63) is 72.9 Å². The molecule has 0 aliphatic carbocycles. The predicted octanol–water partition coefficient (Wildman–Crippen LogP) is 9.45. The molecule has 0 aromatic carbocycles. The van der Waals surface area contributed by atoms with Crippen LogP contribution in [0.1, 0.15) is 142 Å². The highest BCUT2D eigenvalue weighted by Gasteiger charge is 2.23. The van der Waals surface area contributed by atoms with E-state index in [-0.39, 0.29) is 32.1 Å². The smallest absolute Gasteiger partial charge is 0.462 e. The Morgan fingerprint density at radius 3 is 1.71 bits per heavy atom. The molecule has 2 unspecified atom stereocenters. The Balaban J connectivity index is 4.26. The highest BCUT2D eigenvalue weighted by Crippen LogP contribution is 2.36. The first kappa shape index (κ1) is 49.4. The lowest BCUT2D eigenvalue weighted by molar-refractivity contribution is -0.161. The molecular weight excluding hydrogens is 683 g/mol. The van der Waals surface area contributed by atoms with Crippen molar-refractivity contribution >= 4 is 19.8 Å². The highest BCUT2D eigenvalue weighted by atomic mass is 31.2. The quantitative estimate of drug-likeness (QED) is 0.0216. The number of rotatable bonds is 34. The van der Waals surface area contributed by atoms with Gasteiger partial charge in [0.1, 0.15) is 6.61 Å². The molecule has 0 spiro atoms. The van der Waals surface area contributed by atoms with Crippen LogP contribution >= 0.6 is 7.82 Å². The van der Waals surface area contributed by atoms with E-state index in [1.54, 1.807) is 0 Å². The molecule has 10 nitrogen and oxygen atoms in total. The van der Waals surface area contributed by atoms with Gasteiger partial charge in [0.15, 0.2) is 6.10 Å². The minimum Gasteiger partial charge on any atom is -0.462 e. The van der Waals surface area contributed by atoms with E-state index in [2.05, 4.69) is 79.1 Å². The van der Waals surface area contributed by atoms with Gasteiger partial charge in [-0.1, -0.05) is 119 Å². The van der Waals surface area contributed by atoms with Crippen LogP contribution < -0.4 is 0 Å². The molecule has 0 amide bonds. The van der Waals surface area contributed by atoms with Gasteiger partial charge in [-0.05, 0) is 83.5 Å². The number of aliphatic hydroxyl groups excluding tert-OH is 2. The third-order valence-electron chi connectivity index (χ3n) is 7.91. The molecule has 4 N–H and O–H groups in total. The summed E-state index contributed by atoms with van der Waals surface area (Å²) in [7, 11) is -4.83. The van der Waals surface area contributed by atoms with Crippen molar-refractivity contribution in [1.82, 2.24) is 0 Å². The normalized spacial score (nSPS) is 14.5. The zero-order chi connectivity index (χ0) is 38.5. The largest absolute Gasteiger partial charge is 0.469 e. The molecule has 0 rings (SSSR count). The summed E-state index contributed by atoms with van der Waals surface area (Å²) >= 11 is 0. The van der Waals surface area contributed by atoms with Crippen LogP contribution in [-0.4, -0.2) is 63.5 Å². The zero-order valence-electron chi connectivity index (χ0n) is 31.9. The van der Waals surface area contributed by atoms with Crippen LogP contribution in [0.3, 0.4) is 0 Å². The van der Waals surface area contributed by atoms with Crippen molar-refractivity contribution in [2.45, 2.75) is 161 Å². The van der Waals surface area contributed by atoms with E-state index in [4.69, 9.17) is 19.3 Å². The number of carbonyl (C=O) groups excluding carboxylic acids is 2. The number of aliphatic hydroxyl groups is 2. The molecule has 0 saturated heterocycles. The Hall–Kier alpha value is -2.59. The molecule has 3 atom stereocenters. The first-order chi connectivity index (χ1) is 25.1. The highest BCUT2D eigenvalue weighted by molar-refractivity contribution is 7.46. The fourth-order valence-electron chi connectivity index (χ4n) is 4.90. The summed E-state index contributed by atoms with van der Waals surface area (Å²) in [6.45, 7) is 3.26. The lowest BCUT2D eigenvalue weighted by Gasteiger charge is -2.19. The third-order valence-corrected chi connectivity index (χ3v) is 8.40. The topological polar surface area (TPSA) is 160 Å². The lowest BCUT2D eigenvalue weighted by atomic mass is 10.0. The van der Waals surface area contributed by atoms with Gasteiger partial charge in [-0.15, -0.1) is 0 Å². The van der Waals surface area contributed by atoms with Crippen molar-refractivity contribution in [3.63, 3.8) is 0 Å². The number of unbranched alkanes of at least 4 members (excludes halogenated alkanes) is 8. The molecule has 0 fully saturated rings. The molecule has 11 heteroatoms. The average Bonchev–Trinajstić information content (AvgIpc) is 3.11. The first-order valence-corrected chi connectivity index (χ1v) is 20.9. The van der Waals surface area contributed by atoms with Gasteiger partial charge in [0.25, 0.3) is 0 Å². The summed E-state index contributed by atoms with van der Waals surface area (Å²) in [6.07, 6.45) is 38.0. The molecule has 0 heterocycles. The molecular formula is C41H69O10P. The second-order valence-electron chi connectivity index (χ2n) is 12.8. The lowest BCUT2D eigenvalue weighted by Crippen LogP contribution is -2.29. The van der Waals surface area contributed by atoms with Crippen molar-refractivity contribution in [2.24, 2.45) is 0 Å². The van der Waals surface area contributed by atoms with Gasteiger partial charge in [-0.25, -0.2) is 4.57 Å². The fraction of sp³-hybridized carbons (Fsp3) is 0.659. The van der Waals surface area contributed by atoms with Crippen molar-refractivity contribution in [3.8, 4) is 0 Å². The number of ether oxygens (including phenoxy) is 2. The number of phosphoric acid groups is 1. The summed E-state index contributed by atoms with van der Waals surface area (Å²) in [4.78, 5) is 42.8. The average molecular weight is 753 g/mol. The molecule has 52 heavy (non-hydrogen) atoms. The van der Waals surface area contributed by atoms with E-state index in [1.165, 1.54) is 19.3 Å². The Morgan fingerprint density at radius 1 is 0.596 bits per heavy atom. The maximum atomic E-state index is 12.4. The van der Waals surface area contributed by atoms with E-state index in [0.717, 1.165) is 70.6 Å². The van der Waals surface area contributed by atoms with Gasteiger partial charge in [0, 0.05) is 12.8 Å². The third kappa shape index (κ3) is 35.8. The van der Waals surface area contributed by atoms with Crippen LogP contribution in [0.5, 0.6) is 0 Å². The molecule has 0 saturated carbocycles. The maximum Gasteiger partial charge on any atom is 0.469 e. The Labute approximate surface area is 314 Å².